The summed E-state index contributed by atoms with van der Waals surface area (Å²) in [5, 5.41) is 5.79. The largest absolute Gasteiger partial charge is 0.436 e. The van der Waals surface area contributed by atoms with Crippen LogP contribution in [0.2, 0.25) is 0 Å². The molecule has 2 heterocycles. The molecule has 24 heavy (non-hydrogen) atoms. The maximum Gasteiger partial charge on any atom is 0.228 e. The Morgan fingerprint density at radius 1 is 1.33 bits per heavy atom. The van der Waals surface area contributed by atoms with Gasteiger partial charge in [0.15, 0.2) is 10.7 Å². The summed E-state index contributed by atoms with van der Waals surface area (Å²) in [6.45, 7) is 1.76. The number of amides is 1. The number of nitrogens with one attached hydrogen (secondary N) is 2. The summed E-state index contributed by atoms with van der Waals surface area (Å²) < 4.78 is 6.60. The normalized spacial score (nSPS) is 10.6. The summed E-state index contributed by atoms with van der Waals surface area (Å²) in [5.74, 6) is 0.345. The molecule has 1 amide bonds. The molecule has 0 aliphatic heterocycles. The highest BCUT2D eigenvalue weighted by Gasteiger charge is 2.10. The molecule has 0 radical (unpaired) electrons. The smallest absolute Gasteiger partial charge is 0.228 e. The fraction of sp³-hybridized carbons (Fsp3) is 0.125. The first-order chi connectivity index (χ1) is 11.5. The molecule has 0 aliphatic rings. The van der Waals surface area contributed by atoms with Gasteiger partial charge in [-0.05, 0) is 52.4 Å². The minimum Gasteiger partial charge on any atom is -0.436 e. The average Bonchev–Trinajstić information content (AvgIpc) is 2.98. The van der Waals surface area contributed by atoms with Gasteiger partial charge in [-0.15, -0.1) is 0 Å². The Hall–Kier alpha value is -2.32. The fourth-order valence-electron chi connectivity index (χ4n) is 2.03. The number of fused-ring (bicyclic) bond motifs is 1. The molecule has 6 nitrogen and oxygen atoms in total. The maximum atomic E-state index is 11.3. The maximum absolute atomic E-state index is 11.3. The molecule has 0 saturated carbocycles. The Morgan fingerprint density at radius 3 is 2.92 bits per heavy atom. The number of rotatable bonds is 3. The lowest BCUT2D eigenvalue weighted by molar-refractivity contribution is -0.119. The zero-order chi connectivity index (χ0) is 17.1. The van der Waals surface area contributed by atoms with Gasteiger partial charge in [0, 0.05) is 29.0 Å². The van der Waals surface area contributed by atoms with Crippen molar-refractivity contribution in [3.63, 3.8) is 0 Å². The standard InChI is InChI=1S/C16H13BrN4O2S/c1-2-14(22)21-16(24)19-11-3-4-13-12(6-11)20-15(23-13)9-5-10(17)8-18-7-9/h3-8H,2H2,1H3,(H2,19,21,22,24). The first kappa shape index (κ1) is 16.5. The Bertz CT molecular complexity index is 925. The molecule has 0 bridgehead atoms. The molecule has 0 spiro atoms. The molecule has 0 fully saturated rings. The van der Waals surface area contributed by atoms with E-state index in [4.69, 9.17) is 16.6 Å². The van der Waals surface area contributed by atoms with E-state index in [0.29, 0.717) is 23.4 Å². The second-order valence-corrected chi connectivity index (χ2v) is 6.27. The van der Waals surface area contributed by atoms with Gasteiger partial charge in [-0.2, -0.15) is 0 Å². The number of hydrogen-bond donors (Lipinski definition) is 2. The van der Waals surface area contributed by atoms with Crippen molar-refractivity contribution in [2.45, 2.75) is 13.3 Å². The predicted octanol–water partition coefficient (Wildman–Crippen LogP) is 3.88. The first-order valence-electron chi connectivity index (χ1n) is 7.17. The van der Waals surface area contributed by atoms with Gasteiger partial charge in [-0.25, -0.2) is 4.98 Å². The van der Waals surface area contributed by atoms with Crippen molar-refractivity contribution in [1.82, 2.24) is 15.3 Å². The number of anilines is 1. The highest BCUT2D eigenvalue weighted by Crippen LogP contribution is 2.27. The molecule has 1 aromatic carbocycles. The van der Waals surface area contributed by atoms with Crippen molar-refractivity contribution in [1.29, 1.82) is 0 Å². The summed E-state index contributed by atoms with van der Waals surface area (Å²) in [5.41, 5.74) is 2.83. The number of carbonyl (C=O) groups is 1. The lowest BCUT2D eigenvalue weighted by atomic mass is 10.3. The van der Waals surface area contributed by atoms with E-state index in [1.807, 2.05) is 6.07 Å². The summed E-state index contributed by atoms with van der Waals surface area (Å²) >= 11 is 8.47. The monoisotopic (exact) mass is 404 g/mol. The van der Waals surface area contributed by atoms with E-state index in [0.717, 1.165) is 15.7 Å². The highest BCUT2D eigenvalue weighted by atomic mass is 79.9. The SMILES string of the molecule is CCC(=O)NC(=S)Nc1ccc2oc(-c3cncc(Br)c3)nc2c1. The minimum absolute atomic E-state index is 0.139. The Balaban J connectivity index is 1.84. The van der Waals surface area contributed by atoms with Crippen LogP contribution in [0.25, 0.3) is 22.6 Å². The molecule has 3 aromatic rings. The van der Waals surface area contributed by atoms with Crippen LogP contribution in [0.4, 0.5) is 5.69 Å². The molecular weight excluding hydrogens is 392 g/mol. The van der Waals surface area contributed by atoms with Crippen molar-refractivity contribution in [2.75, 3.05) is 5.32 Å². The van der Waals surface area contributed by atoms with E-state index in [-0.39, 0.29) is 11.0 Å². The van der Waals surface area contributed by atoms with Crippen molar-refractivity contribution in [3.8, 4) is 11.5 Å². The second-order valence-electron chi connectivity index (χ2n) is 4.95. The Kier molecular flexibility index (Phi) is 4.86. The van der Waals surface area contributed by atoms with E-state index in [1.165, 1.54) is 0 Å². The molecule has 2 aromatic heterocycles. The zero-order valence-electron chi connectivity index (χ0n) is 12.7. The lowest BCUT2D eigenvalue weighted by Crippen LogP contribution is -2.33. The molecule has 0 saturated heterocycles. The molecular formula is C16H13BrN4O2S. The molecule has 0 aliphatic carbocycles. The summed E-state index contributed by atoms with van der Waals surface area (Å²) in [6.07, 6.45) is 3.75. The van der Waals surface area contributed by atoms with Gasteiger partial charge in [0.25, 0.3) is 0 Å². The van der Waals surface area contributed by atoms with Crippen LogP contribution in [0.3, 0.4) is 0 Å². The van der Waals surface area contributed by atoms with E-state index in [9.17, 15) is 4.79 Å². The molecule has 0 atom stereocenters. The third-order valence-electron chi connectivity index (χ3n) is 3.17. The van der Waals surface area contributed by atoms with E-state index in [1.54, 1.807) is 37.5 Å². The number of benzene rings is 1. The summed E-state index contributed by atoms with van der Waals surface area (Å²) in [4.78, 5) is 19.9. The van der Waals surface area contributed by atoms with Crippen LogP contribution in [-0.2, 0) is 4.79 Å². The number of aromatic nitrogens is 2. The van der Waals surface area contributed by atoms with Gasteiger partial charge in [-0.3, -0.25) is 9.78 Å². The van der Waals surface area contributed by atoms with Crippen LogP contribution in [-0.4, -0.2) is 21.0 Å². The van der Waals surface area contributed by atoms with Crippen molar-refractivity contribution < 1.29 is 9.21 Å². The number of pyridine rings is 1. The third-order valence-corrected chi connectivity index (χ3v) is 3.81. The van der Waals surface area contributed by atoms with Crippen molar-refractivity contribution in [3.05, 3.63) is 41.1 Å². The van der Waals surface area contributed by atoms with Crippen LogP contribution in [0.5, 0.6) is 0 Å². The Morgan fingerprint density at radius 2 is 2.17 bits per heavy atom. The third kappa shape index (κ3) is 3.77. The predicted molar refractivity (Wildman–Crippen MR) is 99.6 cm³/mol. The molecule has 122 valence electrons. The van der Waals surface area contributed by atoms with Gasteiger partial charge in [0.1, 0.15) is 5.52 Å². The van der Waals surface area contributed by atoms with Crippen LogP contribution in [0.15, 0.2) is 45.5 Å². The van der Waals surface area contributed by atoms with Crippen molar-refractivity contribution in [2.24, 2.45) is 0 Å². The molecule has 0 unspecified atom stereocenters. The molecule has 2 N–H and O–H groups in total. The Labute approximate surface area is 151 Å². The average molecular weight is 405 g/mol. The zero-order valence-corrected chi connectivity index (χ0v) is 15.1. The number of thiocarbonyl (C=S) groups is 1. The number of carbonyl (C=O) groups excluding carboxylic acids is 1. The number of nitrogens with zero attached hydrogens (tertiary/aromatic N) is 2. The minimum atomic E-state index is -0.139. The number of oxazole rings is 1. The highest BCUT2D eigenvalue weighted by molar-refractivity contribution is 9.10. The number of hydrogen-bond acceptors (Lipinski definition) is 5. The summed E-state index contributed by atoms with van der Waals surface area (Å²) in [6, 6.07) is 7.29. The van der Waals surface area contributed by atoms with E-state index in [2.05, 4.69) is 36.5 Å². The number of halogens is 1. The topological polar surface area (TPSA) is 80.0 Å². The molecule has 3 rings (SSSR count). The van der Waals surface area contributed by atoms with Crippen LogP contribution in [0, 0.1) is 0 Å². The fourth-order valence-corrected chi connectivity index (χ4v) is 2.63. The molecule has 8 heteroatoms. The quantitative estimate of drug-likeness (QED) is 0.644. The van der Waals surface area contributed by atoms with Gasteiger partial charge >= 0.3 is 0 Å². The lowest BCUT2D eigenvalue weighted by Gasteiger charge is -2.08. The van der Waals surface area contributed by atoms with Crippen molar-refractivity contribution >= 4 is 56.0 Å². The van der Waals surface area contributed by atoms with E-state index >= 15 is 0 Å². The van der Waals surface area contributed by atoms with Gasteiger partial charge in [0.2, 0.25) is 11.8 Å². The first-order valence-corrected chi connectivity index (χ1v) is 8.37. The van der Waals surface area contributed by atoms with Crippen LogP contribution in [0.1, 0.15) is 13.3 Å². The van der Waals surface area contributed by atoms with Crippen LogP contribution < -0.4 is 10.6 Å². The van der Waals surface area contributed by atoms with Crippen LogP contribution >= 0.6 is 28.1 Å². The second kappa shape index (κ2) is 7.06. The van der Waals surface area contributed by atoms with Gasteiger partial charge in [-0.1, -0.05) is 6.92 Å². The van der Waals surface area contributed by atoms with E-state index < -0.39 is 0 Å². The van der Waals surface area contributed by atoms with Gasteiger partial charge in [0.05, 0.1) is 5.56 Å². The van der Waals surface area contributed by atoms with Gasteiger partial charge < -0.3 is 15.1 Å². The summed E-state index contributed by atoms with van der Waals surface area (Å²) in [7, 11) is 0.